The molecule has 0 saturated carbocycles. The van der Waals surface area contributed by atoms with Crippen molar-refractivity contribution < 1.29 is 13.3 Å². The summed E-state index contributed by atoms with van der Waals surface area (Å²) in [4.78, 5) is 14.8. The van der Waals surface area contributed by atoms with E-state index in [1.54, 1.807) is 5.41 Å². The number of benzene rings is 1. The standard InChI is InChI=1S/C24H30FN5O2S/c1-3-11-29(19-6-4-17(25)5-7-19)21-15-30(16(21)2)24-27-20-10-14-33(31)22(20)23(28-24)26-18-8-12-32-13-9-18/h4-7,10,14,16,18,21H,3,8-9,11-13,15H2,1-2H3,(H,26,27,28). The van der Waals surface area contributed by atoms with E-state index in [1.807, 2.05) is 18.2 Å². The van der Waals surface area contributed by atoms with Crippen LogP contribution in [0.15, 0.2) is 34.6 Å². The molecule has 0 bridgehead atoms. The quantitative estimate of drug-likeness (QED) is 0.659. The minimum atomic E-state index is -1.23. The van der Waals surface area contributed by atoms with Gasteiger partial charge in [0.1, 0.15) is 16.5 Å². The first-order valence-electron chi connectivity index (χ1n) is 11.7. The van der Waals surface area contributed by atoms with Gasteiger partial charge in [-0.3, -0.25) is 0 Å². The summed E-state index contributed by atoms with van der Waals surface area (Å²) >= 11 is 0. The molecule has 0 aliphatic carbocycles. The zero-order chi connectivity index (χ0) is 22.9. The summed E-state index contributed by atoms with van der Waals surface area (Å²) in [5.41, 5.74) is 1.76. The molecule has 2 aromatic rings. The Balaban J connectivity index is 1.38. The van der Waals surface area contributed by atoms with Crippen LogP contribution >= 0.6 is 0 Å². The SMILES string of the molecule is CCCN(c1ccc(F)cc1)C1CN(c2nc3c(c(NC4CCOCC4)n2)S(=O)C=C3)C1C. The Morgan fingerprint density at radius 3 is 2.70 bits per heavy atom. The molecule has 1 aromatic heterocycles. The molecule has 1 N–H and O–H groups in total. The summed E-state index contributed by atoms with van der Waals surface area (Å²) in [6, 6.07) is 7.45. The van der Waals surface area contributed by atoms with Gasteiger partial charge in [-0.2, -0.15) is 4.98 Å². The van der Waals surface area contributed by atoms with E-state index in [-0.39, 0.29) is 23.9 Å². The number of ether oxygens (including phenoxy) is 1. The Morgan fingerprint density at radius 1 is 1.24 bits per heavy atom. The van der Waals surface area contributed by atoms with Crippen LogP contribution in [0.5, 0.6) is 0 Å². The summed E-state index contributed by atoms with van der Waals surface area (Å²) in [7, 11) is -1.23. The molecule has 5 rings (SSSR count). The zero-order valence-electron chi connectivity index (χ0n) is 19.0. The fourth-order valence-electron chi connectivity index (χ4n) is 4.80. The van der Waals surface area contributed by atoms with Gasteiger partial charge < -0.3 is 19.9 Å². The molecule has 4 heterocycles. The third-order valence-corrected chi connectivity index (χ3v) is 7.89. The van der Waals surface area contributed by atoms with Crippen LogP contribution in [-0.4, -0.2) is 58.6 Å². The van der Waals surface area contributed by atoms with E-state index < -0.39 is 10.8 Å². The topological polar surface area (TPSA) is 70.6 Å². The molecule has 9 heteroatoms. The van der Waals surface area contributed by atoms with Crippen LogP contribution in [0, 0.1) is 5.82 Å². The van der Waals surface area contributed by atoms with Gasteiger partial charge in [0.05, 0.1) is 28.6 Å². The third-order valence-electron chi connectivity index (χ3n) is 6.71. The molecule has 3 aliphatic heterocycles. The first-order valence-corrected chi connectivity index (χ1v) is 12.9. The highest BCUT2D eigenvalue weighted by atomic mass is 32.2. The molecule has 0 spiro atoms. The van der Waals surface area contributed by atoms with E-state index in [4.69, 9.17) is 14.7 Å². The zero-order valence-corrected chi connectivity index (χ0v) is 19.9. The van der Waals surface area contributed by atoms with Gasteiger partial charge in [0.2, 0.25) is 5.95 Å². The fraction of sp³-hybridized carbons (Fsp3) is 0.500. The molecule has 176 valence electrons. The monoisotopic (exact) mass is 471 g/mol. The van der Waals surface area contributed by atoms with Crippen LogP contribution in [0.4, 0.5) is 21.8 Å². The number of hydrogen-bond acceptors (Lipinski definition) is 7. The number of hydrogen-bond donors (Lipinski definition) is 1. The summed E-state index contributed by atoms with van der Waals surface area (Å²) in [6.07, 6.45) is 4.64. The van der Waals surface area contributed by atoms with Crippen LogP contribution < -0.4 is 15.1 Å². The highest BCUT2D eigenvalue weighted by Crippen LogP contribution is 2.36. The maximum absolute atomic E-state index is 13.5. The molecule has 0 amide bonds. The Hall–Kier alpha value is -2.52. The largest absolute Gasteiger partial charge is 0.381 e. The lowest BCUT2D eigenvalue weighted by molar-refractivity contribution is 0.0903. The molecular formula is C24H30FN5O2S. The summed E-state index contributed by atoms with van der Waals surface area (Å²) in [5.74, 6) is 1.11. The van der Waals surface area contributed by atoms with E-state index in [1.165, 1.54) is 12.1 Å². The maximum Gasteiger partial charge on any atom is 0.228 e. The minimum absolute atomic E-state index is 0.187. The van der Waals surface area contributed by atoms with Gasteiger partial charge in [0.25, 0.3) is 0 Å². The van der Waals surface area contributed by atoms with Gasteiger partial charge in [-0.05, 0) is 56.5 Å². The Kier molecular flexibility index (Phi) is 6.34. The lowest BCUT2D eigenvalue weighted by Gasteiger charge is -2.52. The van der Waals surface area contributed by atoms with E-state index in [2.05, 4.69) is 29.0 Å². The van der Waals surface area contributed by atoms with Crippen molar-refractivity contribution >= 4 is 34.3 Å². The Labute approximate surface area is 196 Å². The summed E-state index contributed by atoms with van der Waals surface area (Å²) in [6.45, 7) is 7.46. The first kappa shape index (κ1) is 22.3. The minimum Gasteiger partial charge on any atom is -0.381 e. The molecule has 3 aliphatic rings. The Bertz CT molecular complexity index is 1060. The third kappa shape index (κ3) is 4.36. The number of anilines is 3. The van der Waals surface area contributed by atoms with E-state index >= 15 is 0 Å². The lowest BCUT2D eigenvalue weighted by atomic mass is 9.95. The van der Waals surface area contributed by atoms with Crippen molar-refractivity contribution in [3.63, 3.8) is 0 Å². The van der Waals surface area contributed by atoms with Gasteiger partial charge in [-0.15, -0.1) is 0 Å². The predicted molar refractivity (Wildman–Crippen MR) is 130 cm³/mol. The highest BCUT2D eigenvalue weighted by molar-refractivity contribution is 7.88. The van der Waals surface area contributed by atoms with Crippen molar-refractivity contribution in [2.45, 2.75) is 56.1 Å². The number of nitrogens with one attached hydrogen (secondary N) is 1. The van der Waals surface area contributed by atoms with Crippen LogP contribution in [0.25, 0.3) is 6.08 Å². The molecular weight excluding hydrogens is 441 g/mol. The van der Waals surface area contributed by atoms with Gasteiger partial charge in [-0.1, -0.05) is 6.92 Å². The average Bonchev–Trinajstić information content (AvgIpc) is 3.20. The van der Waals surface area contributed by atoms with E-state index in [9.17, 15) is 8.60 Å². The number of rotatable bonds is 7. The van der Waals surface area contributed by atoms with Crippen molar-refractivity contribution in [3.8, 4) is 0 Å². The van der Waals surface area contributed by atoms with Crippen LogP contribution in [0.1, 0.15) is 38.8 Å². The van der Waals surface area contributed by atoms with Crippen molar-refractivity contribution in [3.05, 3.63) is 41.2 Å². The predicted octanol–water partition coefficient (Wildman–Crippen LogP) is 3.79. The van der Waals surface area contributed by atoms with Gasteiger partial charge in [0.15, 0.2) is 0 Å². The molecule has 0 radical (unpaired) electrons. The smallest absolute Gasteiger partial charge is 0.228 e. The molecule has 3 atom stereocenters. The number of halogens is 1. The molecule has 1 aromatic carbocycles. The Morgan fingerprint density at radius 2 is 2.00 bits per heavy atom. The number of nitrogens with zero attached hydrogens (tertiary/aromatic N) is 4. The molecule has 2 fully saturated rings. The second kappa shape index (κ2) is 9.38. The maximum atomic E-state index is 13.5. The van der Waals surface area contributed by atoms with Crippen LogP contribution in [0.3, 0.4) is 0 Å². The molecule has 7 nitrogen and oxygen atoms in total. The van der Waals surface area contributed by atoms with Crippen molar-refractivity contribution in [2.24, 2.45) is 0 Å². The summed E-state index contributed by atoms with van der Waals surface area (Å²) < 4.78 is 31.5. The summed E-state index contributed by atoms with van der Waals surface area (Å²) in [5, 5.41) is 5.20. The van der Waals surface area contributed by atoms with Gasteiger partial charge in [-0.25, -0.2) is 13.6 Å². The second-order valence-electron chi connectivity index (χ2n) is 8.85. The van der Waals surface area contributed by atoms with E-state index in [0.717, 1.165) is 56.9 Å². The van der Waals surface area contributed by atoms with Gasteiger partial charge in [0, 0.05) is 43.4 Å². The number of fused-ring (bicyclic) bond motifs is 1. The average molecular weight is 472 g/mol. The number of aromatic nitrogens is 2. The lowest BCUT2D eigenvalue weighted by Crippen LogP contribution is -2.66. The van der Waals surface area contributed by atoms with E-state index in [0.29, 0.717) is 16.7 Å². The molecule has 3 unspecified atom stereocenters. The van der Waals surface area contributed by atoms with Crippen molar-refractivity contribution in [2.75, 3.05) is 41.4 Å². The molecule has 33 heavy (non-hydrogen) atoms. The first-order chi connectivity index (χ1) is 16.0. The highest BCUT2D eigenvalue weighted by Gasteiger charge is 2.41. The van der Waals surface area contributed by atoms with Crippen molar-refractivity contribution in [1.82, 2.24) is 9.97 Å². The van der Waals surface area contributed by atoms with Crippen LogP contribution in [0.2, 0.25) is 0 Å². The normalized spacial score (nSPS) is 24.5. The van der Waals surface area contributed by atoms with Crippen molar-refractivity contribution in [1.29, 1.82) is 0 Å². The molecule has 2 saturated heterocycles. The van der Waals surface area contributed by atoms with Crippen LogP contribution in [-0.2, 0) is 15.5 Å². The second-order valence-corrected chi connectivity index (χ2v) is 10.1. The fourth-order valence-corrected chi connectivity index (χ4v) is 5.80. The van der Waals surface area contributed by atoms with Gasteiger partial charge >= 0.3 is 0 Å².